The van der Waals surface area contributed by atoms with Crippen LogP contribution in [0.2, 0.25) is 0 Å². The fourth-order valence-corrected chi connectivity index (χ4v) is 3.80. The van der Waals surface area contributed by atoms with E-state index >= 15 is 0 Å². The van der Waals surface area contributed by atoms with E-state index in [2.05, 4.69) is 20.9 Å². The third-order valence-electron chi connectivity index (χ3n) is 5.09. The fraction of sp³-hybridized carbons (Fsp3) is 0.400. The zero-order chi connectivity index (χ0) is 17.4. The molecule has 1 amide bonds. The molecule has 25 heavy (non-hydrogen) atoms. The lowest BCUT2D eigenvalue weighted by atomic mass is 9.94. The number of para-hydroxylation sites is 2. The van der Waals surface area contributed by atoms with E-state index in [1.54, 1.807) is 0 Å². The maximum absolute atomic E-state index is 12.6. The summed E-state index contributed by atoms with van der Waals surface area (Å²) in [4.78, 5) is 17.3. The standard InChI is InChI=1S/C20H23N3O2/c1-13-19(14-7-3-6-10-17(14)25-13)20(24)21-12-11-18-22-15-8-4-5-9-16(15)23(18)2/h4-5,8-9H,3,6-7,10-12H2,1-2H3,(H,21,24). The van der Waals surface area contributed by atoms with Gasteiger partial charge in [-0.2, -0.15) is 0 Å². The molecule has 1 aliphatic rings. The molecular weight excluding hydrogens is 314 g/mol. The summed E-state index contributed by atoms with van der Waals surface area (Å²) in [6, 6.07) is 8.08. The number of benzene rings is 1. The van der Waals surface area contributed by atoms with E-state index in [0.29, 0.717) is 13.0 Å². The average Bonchev–Trinajstić information content (AvgIpc) is 3.12. The molecule has 4 rings (SSSR count). The van der Waals surface area contributed by atoms with Crippen molar-refractivity contribution in [2.45, 2.75) is 39.0 Å². The van der Waals surface area contributed by atoms with Crippen LogP contribution in [0.25, 0.3) is 11.0 Å². The fourth-order valence-electron chi connectivity index (χ4n) is 3.80. The van der Waals surface area contributed by atoms with Crippen LogP contribution in [-0.4, -0.2) is 22.0 Å². The summed E-state index contributed by atoms with van der Waals surface area (Å²) >= 11 is 0. The van der Waals surface area contributed by atoms with Gasteiger partial charge in [0.05, 0.1) is 16.6 Å². The lowest BCUT2D eigenvalue weighted by Crippen LogP contribution is -2.27. The molecule has 5 nitrogen and oxygen atoms in total. The number of fused-ring (bicyclic) bond motifs is 2. The number of hydrogen-bond donors (Lipinski definition) is 1. The molecule has 2 aromatic heterocycles. The molecule has 5 heteroatoms. The quantitative estimate of drug-likeness (QED) is 0.794. The largest absolute Gasteiger partial charge is 0.465 e. The molecule has 1 N–H and O–H groups in total. The Hall–Kier alpha value is -2.56. The number of rotatable bonds is 4. The number of aromatic nitrogens is 2. The molecule has 0 atom stereocenters. The summed E-state index contributed by atoms with van der Waals surface area (Å²) in [5.74, 6) is 2.70. The molecule has 0 aliphatic heterocycles. The third kappa shape index (κ3) is 2.84. The molecule has 3 aromatic rings. The maximum atomic E-state index is 12.6. The Morgan fingerprint density at radius 3 is 2.92 bits per heavy atom. The van der Waals surface area contributed by atoms with Crippen LogP contribution in [0.1, 0.15) is 46.1 Å². The molecular formula is C20H23N3O2. The summed E-state index contributed by atoms with van der Waals surface area (Å²) in [5, 5.41) is 3.04. The van der Waals surface area contributed by atoms with E-state index in [-0.39, 0.29) is 5.91 Å². The summed E-state index contributed by atoms with van der Waals surface area (Å²) in [6.07, 6.45) is 4.87. The number of nitrogens with zero attached hydrogens (tertiary/aromatic N) is 2. The van der Waals surface area contributed by atoms with E-state index < -0.39 is 0 Å². The number of carbonyl (C=O) groups excluding carboxylic acids is 1. The van der Waals surface area contributed by atoms with E-state index in [0.717, 1.165) is 65.2 Å². The Morgan fingerprint density at radius 1 is 1.28 bits per heavy atom. The van der Waals surface area contributed by atoms with Crippen LogP contribution in [0.5, 0.6) is 0 Å². The summed E-state index contributed by atoms with van der Waals surface area (Å²) < 4.78 is 7.89. The van der Waals surface area contributed by atoms with E-state index in [1.165, 1.54) is 0 Å². The lowest BCUT2D eigenvalue weighted by Gasteiger charge is -2.11. The van der Waals surface area contributed by atoms with Crippen LogP contribution in [0.3, 0.4) is 0 Å². The molecule has 2 heterocycles. The van der Waals surface area contributed by atoms with Gasteiger partial charge in [0.25, 0.3) is 5.91 Å². The zero-order valence-corrected chi connectivity index (χ0v) is 14.8. The van der Waals surface area contributed by atoms with Crippen LogP contribution >= 0.6 is 0 Å². The Morgan fingerprint density at radius 2 is 2.08 bits per heavy atom. The van der Waals surface area contributed by atoms with Crippen molar-refractivity contribution in [3.8, 4) is 0 Å². The normalized spacial score (nSPS) is 13.8. The number of carbonyl (C=O) groups is 1. The zero-order valence-electron chi connectivity index (χ0n) is 14.8. The second kappa shape index (κ2) is 6.39. The van der Waals surface area contributed by atoms with Crippen molar-refractivity contribution in [3.63, 3.8) is 0 Å². The number of hydrogen-bond acceptors (Lipinski definition) is 3. The van der Waals surface area contributed by atoms with Crippen LogP contribution in [0.15, 0.2) is 28.7 Å². The first-order valence-electron chi connectivity index (χ1n) is 8.95. The van der Waals surface area contributed by atoms with Crippen molar-refractivity contribution >= 4 is 16.9 Å². The van der Waals surface area contributed by atoms with Crippen molar-refractivity contribution in [1.29, 1.82) is 0 Å². The number of amides is 1. The van der Waals surface area contributed by atoms with Crippen LogP contribution in [-0.2, 0) is 26.3 Å². The molecule has 0 bridgehead atoms. The van der Waals surface area contributed by atoms with Crippen LogP contribution in [0.4, 0.5) is 0 Å². The first kappa shape index (κ1) is 15.9. The van der Waals surface area contributed by atoms with Gasteiger partial charge in [-0.25, -0.2) is 4.98 Å². The monoisotopic (exact) mass is 337 g/mol. The van der Waals surface area contributed by atoms with Gasteiger partial charge in [-0.1, -0.05) is 12.1 Å². The number of imidazole rings is 1. The maximum Gasteiger partial charge on any atom is 0.255 e. The van der Waals surface area contributed by atoms with E-state index in [4.69, 9.17) is 4.42 Å². The Kier molecular flexibility index (Phi) is 4.07. The van der Waals surface area contributed by atoms with Gasteiger partial charge in [-0.05, 0) is 38.3 Å². The molecule has 0 spiro atoms. The minimum absolute atomic E-state index is 0.0248. The molecule has 1 aromatic carbocycles. The van der Waals surface area contributed by atoms with Gasteiger partial charge in [0.2, 0.25) is 0 Å². The van der Waals surface area contributed by atoms with Gasteiger partial charge < -0.3 is 14.3 Å². The van der Waals surface area contributed by atoms with Crippen molar-refractivity contribution in [1.82, 2.24) is 14.9 Å². The summed E-state index contributed by atoms with van der Waals surface area (Å²) in [7, 11) is 2.02. The highest BCUT2D eigenvalue weighted by atomic mass is 16.3. The number of nitrogens with one attached hydrogen (secondary N) is 1. The van der Waals surface area contributed by atoms with E-state index in [1.807, 2.05) is 32.2 Å². The Balaban J connectivity index is 1.46. The molecule has 0 unspecified atom stereocenters. The number of furan rings is 1. The highest BCUT2D eigenvalue weighted by molar-refractivity contribution is 5.97. The van der Waals surface area contributed by atoms with Crippen molar-refractivity contribution in [3.05, 3.63) is 52.7 Å². The van der Waals surface area contributed by atoms with E-state index in [9.17, 15) is 4.79 Å². The molecule has 130 valence electrons. The van der Waals surface area contributed by atoms with Crippen LogP contribution in [0, 0.1) is 6.92 Å². The average molecular weight is 337 g/mol. The van der Waals surface area contributed by atoms with Gasteiger partial charge in [0.1, 0.15) is 17.3 Å². The second-order valence-electron chi connectivity index (χ2n) is 6.72. The van der Waals surface area contributed by atoms with Gasteiger partial charge in [-0.3, -0.25) is 4.79 Å². The SMILES string of the molecule is Cc1oc2c(c1C(=O)NCCc1nc3ccccc3n1C)CCCC2. The topological polar surface area (TPSA) is 60.1 Å². The smallest absolute Gasteiger partial charge is 0.255 e. The predicted molar refractivity (Wildman–Crippen MR) is 96.8 cm³/mol. The van der Waals surface area contributed by atoms with Crippen molar-refractivity contribution in [2.24, 2.45) is 7.05 Å². The highest BCUT2D eigenvalue weighted by Gasteiger charge is 2.24. The van der Waals surface area contributed by atoms with Crippen molar-refractivity contribution in [2.75, 3.05) is 6.54 Å². The molecule has 0 radical (unpaired) electrons. The number of aryl methyl sites for hydroxylation is 3. The third-order valence-corrected chi connectivity index (χ3v) is 5.09. The minimum atomic E-state index is -0.0248. The lowest BCUT2D eigenvalue weighted by molar-refractivity contribution is 0.0951. The van der Waals surface area contributed by atoms with Gasteiger partial charge >= 0.3 is 0 Å². The predicted octanol–water partition coefficient (Wildman–Crippen LogP) is 3.33. The highest BCUT2D eigenvalue weighted by Crippen LogP contribution is 2.29. The van der Waals surface area contributed by atoms with Gasteiger partial charge in [0, 0.05) is 32.0 Å². The first-order chi connectivity index (χ1) is 12.1. The molecule has 0 saturated carbocycles. The van der Waals surface area contributed by atoms with Gasteiger partial charge in [-0.15, -0.1) is 0 Å². The van der Waals surface area contributed by atoms with Crippen LogP contribution < -0.4 is 5.32 Å². The van der Waals surface area contributed by atoms with Gasteiger partial charge in [0.15, 0.2) is 0 Å². The molecule has 0 saturated heterocycles. The Bertz CT molecular complexity index is 936. The summed E-state index contributed by atoms with van der Waals surface area (Å²) in [5.41, 5.74) is 3.97. The Labute approximate surface area is 147 Å². The molecule has 1 aliphatic carbocycles. The summed E-state index contributed by atoms with van der Waals surface area (Å²) in [6.45, 7) is 2.45. The minimum Gasteiger partial charge on any atom is -0.465 e. The van der Waals surface area contributed by atoms with Crippen molar-refractivity contribution < 1.29 is 9.21 Å². The second-order valence-corrected chi connectivity index (χ2v) is 6.72. The molecule has 0 fully saturated rings. The first-order valence-corrected chi connectivity index (χ1v) is 8.95.